The highest BCUT2D eigenvalue weighted by Crippen LogP contribution is 2.18. The minimum atomic E-state index is -0.213. The van der Waals surface area contributed by atoms with Crippen molar-refractivity contribution >= 4 is 11.5 Å². The fourth-order valence-corrected chi connectivity index (χ4v) is 4.11. The molecule has 8 heteroatoms. The fourth-order valence-electron chi connectivity index (χ4n) is 4.11. The van der Waals surface area contributed by atoms with Crippen molar-refractivity contribution in [3.8, 4) is 0 Å². The fraction of sp³-hybridized carbons (Fsp3) is 0.583. The summed E-state index contributed by atoms with van der Waals surface area (Å²) in [7, 11) is 0. The van der Waals surface area contributed by atoms with Gasteiger partial charge in [0, 0.05) is 31.0 Å². The SMILES string of the molecule is Cc1cc(CNCCCN)cc(Nc2ccn(CCCCN3CCC(N)CC3)c(=O)n2)c1. The van der Waals surface area contributed by atoms with Crippen molar-refractivity contribution in [1.29, 1.82) is 0 Å². The third-order valence-electron chi connectivity index (χ3n) is 5.93. The number of nitrogens with two attached hydrogens (primary N) is 2. The summed E-state index contributed by atoms with van der Waals surface area (Å²) in [6.07, 6.45) is 7.02. The van der Waals surface area contributed by atoms with Crippen LogP contribution in [0.25, 0.3) is 0 Å². The number of hydrogen-bond acceptors (Lipinski definition) is 7. The lowest BCUT2D eigenvalue weighted by Gasteiger charge is -2.29. The maximum Gasteiger partial charge on any atom is 0.349 e. The second-order valence-electron chi connectivity index (χ2n) is 8.83. The number of aryl methyl sites for hydroxylation is 2. The second-order valence-corrected chi connectivity index (χ2v) is 8.83. The first kappa shape index (κ1) is 24.4. The van der Waals surface area contributed by atoms with E-state index in [1.165, 1.54) is 5.56 Å². The number of aromatic nitrogens is 2. The number of rotatable bonds is 12. The average molecular weight is 442 g/mol. The van der Waals surface area contributed by atoms with Gasteiger partial charge >= 0.3 is 5.69 Å². The predicted molar refractivity (Wildman–Crippen MR) is 131 cm³/mol. The second kappa shape index (κ2) is 12.7. The summed E-state index contributed by atoms with van der Waals surface area (Å²) in [4.78, 5) is 19.2. The first-order chi connectivity index (χ1) is 15.5. The first-order valence-corrected chi connectivity index (χ1v) is 11.9. The molecule has 0 aliphatic carbocycles. The van der Waals surface area contributed by atoms with Gasteiger partial charge in [-0.3, -0.25) is 4.57 Å². The van der Waals surface area contributed by atoms with Gasteiger partial charge in [0.25, 0.3) is 0 Å². The summed E-state index contributed by atoms with van der Waals surface area (Å²) in [5.41, 5.74) is 14.6. The largest absolute Gasteiger partial charge is 0.349 e. The van der Waals surface area contributed by atoms with Crippen molar-refractivity contribution in [2.75, 3.05) is 38.0 Å². The molecule has 3 rings (SSSR count). The lowest BCUT2D eigenvalue weighted by molar-refractivity contribution is 0.208. The molecular weight excluding hydrogens is 402 g/mol. The van der Waals surface area contributed by atoms with Gasteiger partial charge in [0.2, 0.25) is 0 Å². The Bertz CT molecular complexity index is 890. The Labute approximate surface area is 191 Å². The van der Waals surface area contributed by atoms with Gasteiger partial charge in [0.15, 0.2) is 0 Å². The highest BCUT2D eigenvalue weighted by atomic mass is 16.1. The van der Waals surface area contributed by atoms with Crippen molar-refractivity contribution in [3.05, 3.63) is 52.1 Å². The van der Waals surface area contributed by atoms with E-state index < -0.39 is 0 Å². The van der Waals surface area contributed by atoms with Gasteiger partial charge in [-0.05, 0) is 101 Å². The number of benzene rings is 1. The van der Waals surface area contributed by atoms with Crippen LogP contribution in [0.3, 0.4) is 0 Å². The number of hydrogen-bond donors (Lipinski definition) is 4. The molecule has 2 aromatic rings. The molecule has 1 fully saturated rings. The van der Waals surface area contributed by atoms with Gasteiger partial charge in [-0.1, -0.05) is 6.07 Å². The zero-order valence-electron chi connectivity index (χ0n) is 19.4. The molecule has 1 aromatic carbocycles. The van der Waals surface area contributed by atoms with Crippen molar-refractivity contribution in [1.82, 2.24) is 19.8 Å². The Balaban J connectivity index is 1.48. The smallest absolute Gasteiger partial charge is 0.340 e. The third kappa shape index (κ3) is 8.02. The maximum atomic E-state index is 12.5. The number of likely N-dealkylation sites (tertiary alicyclic amines) is 1. The van der Waals surface area contributed by atoms with E-state index in [-0.39, 0.29) is 5.69 Å². The zero-order chi connectivity index (χ0) is 22.8. The quantitative estimate of drug-likeness (QED) is 0.372. The summed E-state index contributed by atoms with van der Waals surface area (Å²) < 4.78 is 1.69. The van der Waals surface area contributed by atoms with E-state index in [1.54, 1.807) is 4.57 Å². The number of nitrogens with zero attached hydrogens (tertiary/aromatic N) is 3. The molecule has 0 radical (unpaired) electrons. The Hall–Kier alpha value is -2.26. The van der Waals surface area contributed by atoms with Crippen LogP contribution in [0, 0.1) is 6.92 Å². The zero-order valence-corrected chi connectivity index (χ0v) is 19.4. The van der Waals surface area contributed by atoms with Gasteiger partial charge in [-0.2, -0.15) is 4.98 Å². The van der Waals surface area contributed by atoms with Gasteiger partial charge in [0.05, 0.1) is 0 Å². The van der Waals surface area contributed by atoms with E-state index >= 15 is 0 Å². The van der Waals surface area contributed by atoms with Crippen molar-refractivity contribution < 1.29 is 0 Å². The lowest BCUT2D eigenvalue weighted by atomic mass is 10.1. The van der Waals surface area contributed by atoms with Crippen LogP contribution in [0.4, 0.5) is 11.5 Å². The molecule has 0 unspecified atom stereocenters. The normalized spacial score (nSPS) is 15.2. The molecule has 1 aliphatic rings. The van der Waals surface area contributed by atoms with Gasteiger partial charge < -0.3 is 27.0 Å². The molecule has 8 nitrogen and oxygen atoms in total. The molecule has 0 atom stereocenters. The monoisotopic (exact) mass is 441 g/mol. The Morgan fingerprint density at radius 1 is 1.12 bits per heavy atom. The van der Waals surface area contributed by atoms with Crippen molar-refractivity contribution in [2.24, 2.45) is 11.5 Å². The van der Waals surface area contributed by atoms with Crippen molar-refractivity contribution in [2.45, 2.75) is 58.2 Å². The Morgan fingerprint density at radius 2 is 1.91 bits per heavy atom. The number of unbranched alkanes of at least 4 members (excludes halogenated alkanes) is 1. The van der Waals surface area contributed by atoms with Crippen LogP contribution in [0.15, 0.2) is 35.3 Å². The van der Waals surface area contributed by atoms with Crippen LogP contribution in [0.1, 0.15) is 43.2 Å². The minimum absolute atomic E-state index is 0.213. The highest BCUT2D eigenvalue weighted by molar-refractivity contribution is 5.58. The van der Waals surface area contributed by atoms with E-state index in [2.05, 4.69) is 45.6 Å². The molecule has 32 heavy (non-hydrogen) atoms. The lowest BCUT2D eigenvalue weighted by Crippen LogP contribution is -2.40. The third-order valence-corrected chi connectivity index (χ3v) is 5.93. The summed E-state index contributed by atoms with van der Waals surface area (Å²) >= 11 is 0. The van der Waals surface area contributed by atoms with Crippen LogP contribution in [-0.2, 0) is 13.1 Å². The topological polar surface area (TPSA) is 114 Å². The van der Waals surface area contributed by atoms with Crippen LogP contribution in [-0.4, -0.2) is 53.2 Å². The minimum Gasteiger partial charge on any atom is -0.340 e. The van der Waals surface area contributed by atoms with Crippen LogP contribution >= 0.6 is 0 Å². The molecular formula is C24H39N7O. The Kier molecular flexibility index (Phi) is 9.67. The molecule has 0 saturated carbocycles. The Morgan fingerprint density at radius 3 is 2.66 bits per heavy atom. The maximum absolute atomic E-state index is 12.5. The number of anilines is 2. The molecule has 0 spiro atoms. The average Bonchev–Trinajstić information content (AvgIpc) is 2.76. The van der Waals surface area contributed by atoms with E-state index in [0.29, 0.717) is 24.9 Å². The first-order valence-electron chi connectivity index (χ1n) is 11.9. The van der Waals surface area contributed by atoms with Crippen molar-refractivity contribution in [3.63, 3.8) is 0 Å². The molecule has 0 bridgehead atoms. The highest BCUT2D eigenvalue weighted by Gasteiger charge is 2.15. The van der Waals surface area contributed by atoms with Gasteiger partial charge in [0.1, 0.15) is 5.82 Å². The molecule has 1 aliphatic heterocycles. The molecule has 1 saturated heterocycles. The summed E-state index contributed by atoms with van der Waals surface area (Å²) in [6, 6.07) is 8.54. The van der Waals surface area contributed by atoms with Crippen LogP contribution in [0.2, 0.25) is 0 Å². The van der Waals surface area contributed by atoms with E-state index in [9.17, 15) is 4.79 Å². The predicted octanol–water partition coefficient (Wildman–Crippen LogP) is 1.94. The van der Waals surface area contributed by atoms with E-state index in [1.807, 2.05) is 12.3 Å². The molecule has 176 valence electrons. The molecule has 2 heterocycles. The summed E-state index contributed by atoms with van der Waals surface area (Å²) in [5, 5.41) is 6.68. The van der Waals surface area contributed by atoms with Crippen LogP contribution < -0.4 is 27.8 Å². The van der Waals surface area contributed by atoms with Crippen LogP contribution in [0.5, 0.6) is 0 Å². The van der Waals surface area contributed by atoms with E-state index in [0.717, 1.165) is 76.1 Å². The molecule has 0 amide bonds. The molecule has 1 aromatic heterocycles. The standard InChI is InChI=1S/C24H39N7O/c1-19-15-20(18-27-9-4-8-25)17-22(16-19)28-23-7-14-31(24(32)29-23)11-3-2-10-30-12-5-21(26)6-13-30/h7,14-17,21,27H,2-6,8-13,18,25-26H2,1H3,(H,28,29,32). The number of nitrogens with one attached hydrogen (secondary N) is 2. The van der Waals surface area contributed by atoms with Gasteiger partial charge in [-0.25, -0.2) is 4.79 Å². The van der Waals surface area contributed by atoms with E-state index in [4.69, 9.17) is 11.5 Å². The molecule has 6 N–H and O–H groups in total. The van der Waals surface area contributed by atoms with Gasteiger partial charge in [-0.15, -0.1) is 0 Å². The summed E-state index contributed by atoms with van der Waals surface area (Å²) in [6.45, 7) is 8.40. The number of piperidine rings is 1. The summed E-state index contributed by atoms with van der Waals surface area (Å²) in [5.74, 6) is 0.573.